The number of aryl methyl sites for hydroxylation is 1. The van der Waals surface area contributed by atoms with Crippen LogP contribution in [0.3, 0.4) is 0 Å². The van der Waals surface area contributed by atoms with Gasteiger partial charge in [-0.2, -0.15) is 13.2 Å². The Morgan fingerprint density at radius 3 is 2.62 bits per heavy atom. The Morgan fingerprint density at radius 2 is 2.04 bits per heavy atom. The highest BCUT2D eigenvalue weighted by Gasteiger charge is 2.35. The van der Waals surface area contributed by atoms with E-state index in [0.717, 1.165) is 17.1 Å². The molecule has 0 bridgehead atoms. The van der Waals surface area contributed by atoms with Gasteiger partial charge in [-0.05, 0) is 24.6 Å². The zero-order chi connectivity index (χ0) is 18.9. The van der Waals surface area contributed by atoms with Gasteiger partial charge in [0.25, 0.3) is 0 Å². The fourth-order valence-electron chi connectivity index (χ4n) is 2.87. The summed E-state index contributed by atoms with van der Waals surface area (Å²) in [7, 11) is 0. The second kappa shape index (κ2) is 7.06. The molecule has 0 spiro atoms. The molecule has 9 heteroatoms. The average molecular weight is 383 g/mol. The van der Waals surface area contributed by atoms with Crippen molar-refractivity contribution in [3.63, 3.8) is 0 Å². The summed E-state index contributed by atoms with van der Waals surface area (Å²) in [6.45, 7) is 2.43. The normalized spacial score (nSPS) is 17.9. The molecule has 1 unspecified atom stereocenters. The van der Waals surface area contributed by atoms with Gasteiger partial charge in [-0.3, -0.25) is 9.59 Å². The van der Waals surface area contributed by atoms with Crippen molar-refractivity contribution in [3.05, 3.63) is 51.5 Å². The quantitative estimate of drug-likeness (QED) is 0.887. The molecule has 2 heterocycles. The summed E-state index contributed by atoms with van der Waals surface area (Å²) >= 11 is 1.43. The van der Waals surface area contributed by atoms with Gasteiger partial charge >= 0.3 is 6.18 Å². The van der Waals surface area contributed by atoms with Crippen molar-refractivity contribution in [2.45, 2.75) is 25.6 Å². The number of rotatable bonds is 3. The van der Waals surface area contributed by atoms with Crippen molar-refractivity contribution in [3.8, 4) is 0 Å². The van der Waals surface area contributed by atoms with Crippen LogP contribution in [-0.4, -0.2) is 34.8 Å². The molecule has 0 aliphatic carbocycles. The number of nitrogens with one attached hydrogen (secondary N) is 1. The zero-order valence-electron chi connectivity index (χ0n) is 13.8. The van der Waals surface area contributed by atoms with Gasteiger partial charge in [0, 0.05) is 18.5 Å². The second-order valence-corrected chi connectivity index (χ2v) is 7.00. The van der Waals surface area contributed by atoms with Gasteiger partial charge in [0.2, 0.25) is 11.8 Å². The molecule has 3 rings (SSSR count). The number of nitrogens with zero attached hydrogens (tertiary/aromatic N) is 2. The van der Waals surface area contributed by atoms with Crippen molar-refractivity contribution < 1.29 is 22.8 Å². The lowest BCUT2D eigenvalue weighted by Crippen LogP contribution is -2.52. The number of hydrogen-bond acceptors (Lipinski definition) is 4. The summed E-state index contributed by atoms with van der Waals surface area (Å²) in [5.74, 6) is -0.686. The van der Waals surface area contributed by atoms with Crippen LogP contribution in [0.5, 0.6) is 0 Å². The topological polar surface area (TPSA) is 62.3 Å². The molecule has 1 fully saturated rings. The maximum atomic E-state index is 12.7. The fraction of sp³-hybridized carbons (Fsp3) is 0.353. The third-order valence-electron chi connectivity index (χ3n) is 4.08. The first-order chi connectivity index (χ1) is 12.3. The van der Waals surface area contributed by atoms with Crippen LogP contribution in [0.15, 0.2) is 29.6 Å². The van der Waals surface area contributed by atoms with Crippen molar-refractivity contribution in [1.29, 1.82) is 0 Å². The number of carbonyl (C=O) groups excluding carboxylic acids is 2. The molecule has 0 saturated carbocycles. The van der Waals surface area contributed by atoms with Crippen LogP contribution in [0.25, 0.3) is 0 Å². The highest BCUT2D eigenvalue weighted by atomic mass is 32.1. The van der Waals surface area contributed by atoms with Gasteiger partial charge < -0.3 is 10.2 Å². The number of alkyl halides is 3. The number of carbonyl (C=O) groups is 2. The molecule has 1 aliphatic heterocycles. The van der Waals surface area contributed by atoms with Gasteiger partial charge in [0.1, 0.15) is 6.04 Å². The molecule has 1 aliphatic rings. The van der Waals surface area contributed by atoms with Crippen LogP contribution in [0.4, 0.5) is 13.2 Å². The van der Waals surface area contributed by atoms with E-state index in [9.17, 15) is 22.8 Å². The van der Waals surface area contributed by atoms with Crippen LogP contribution in [0.2, 0.25) is 0 Å². The molecule has 0 radical (unpaired) electrons. The minimum Gasteiger partial charge on any atom is -0.352 e. The van der Waals surface area contributed by atoms with Gasteiger partial charge in [-0.25, -0.2) is 4.98 Å². The predicted octanol–water partition coefficient (Wildman–Crippen LogP) is 2.71. The van der Waals surface area contributed by atoms with E-state index in [1.807, 2.05) is 6.92 Å². The highest BCUT2D eigenvalue weighted by Crippen LogP contribution is 2.31. The third-order valence-corrected chi connectivity index (χ3v) is 4.91. The van der Waals surface area contributed by atoms with Gasteiger partial charge in [0.15, 0.2) is 0 Å². The fourth-order valence-corrected chi connectivity index (χ4v) is 3.48. The summed E-state index contributed by atoms with van der Waals surface area (Å²) in [6, 6.07) is 3.38. The van der Waals surface area contributed by atoms with E-state index in [1.165, 1.54) is 28.4 Å². The molecule has 2 amide bonds. The Kier molecular flexibility index (Phi) is 4.99. The van der Waals surface area contributed by atoms with E-state index in [2.05, 4.69) is 10.3 Å². The molecule has 1 N–H and O–H groups in total. The Hall–Kier alpha value is -2.42. The van der Waals surface area contributed by atoms with Crippen molar-refractivity contribution in [2.75, 3.05) is 13.1 Å². The van der Waals surface area contributed by atoms with Crippen LogP contribution in [-0.2, 0) is 22.2 Å². The Balaban J connectivity index is 1.84. The van der Waals surface area contributed by atoms with Crippen LogP contribution < -0.4 is 5.32 Å². The van der Waals surface area contributed by atoms with Crippen molar-refractivity contribution in [1.82, 2.24) is 15.2 Å². The molecule has 26 heavy (non-hydrogen) atoms. The first-order valence-corrected chi connectivity index (χ1v) is 8.79. The Bertz CT molecular complexity index is 817. The van der Waals surface area contributed by atoms with Gasteiger partial charge in [-0.1, -0.05) is 12.1 Å². The minimum atomic E-state index is -4.45. The summed E-state index contributed by atoms with van der Waals surface area (Å²) in [5, 5.41) is 5.28. The lowest BCUT2D eigenvalue weighted by atomic mass is 10.00. The SMILES string of the molecule is Cc1nc(CC(=O)N2CCNC(=O)C2c2ccc(C(F)(F)F)cc2)cs1. The molecule has 1 aromatic carbocycles. The maximum Gasteiger partial charge on any atom is 0.416 e. The van der Waals surface area contributed by atoms with Crippen molar-refractivity contribution >= 4 is 23.2 Å². The van der Waals surface area contributed by atoms with Crippen molar-refractivity contribution in [2.24, 2.45) is 0 Å². The maximum absolute atomic E-state index is 12.7. The monoisotopic (exact) mass is 383 g/mol. The van der Waals surface area contributed by atoms with Gasteiger partial charge in [-0.15, -0.1) is 11.3 Å². The van der Waals surface area contributed by atoms with E-state index in [-0.39, 0.29) is 12.3 Å². The minimum absolute atomic E-state index is 0.0504. The summed E-state index contributed by atoms with van der Waals surface area (Å²) in [6.07, 6.45) is -4.40. The smallest absolute Gasteiger partial charge is 0.352 e. The van der Waals surface area contributed by atoms with Crippen LogP contribution in [0.1, 0.15) is 27.9 Å². The predicted molar refractivity (Wildman–Crippen MR) is 89.5 cm³/mol. The number of piperazine rings is 1. The van der Waals surface area contributed by atoms with Crippen LogP contribution in [0, 0.1) is 6.92 Å². The molecule has 1 aromatic heterocycles. The Labute approximate surface area is 151 Å². The first-order valence-electron chi connectivity index (χ1n) is 7.91. The average Bonchev–Trinajstić information content (AvgIpc) is 2.99. The number of aromatic nitrogens is 1. The molecule has 5 nitrogen and oxygen atoms in total. The molecular weight excluding hydrogens is 367 g/mol. The van der Waals surface area contributed by atoms with E-state index in [4.69, 9.17) is 0 Å². The Morgan fingerprint density at radius 1 is 1.35 bits per heavy atom. The summed E-state index contributed by atoms with van der Waals surface area (Å²) in [5.41, 5.74) is 0.168. The molecule has 2 aromatic rings. The zero-order valence-corrected chi connectivity index (χ0v) is 14.7. The lowest BCUT2D eigenvalue weighted by Gasteiger charge is -2.35. The first kappa shape index (κ1) is 18.4. The number of thiazole rings is 1. The van der Waals surface area contributed by atoms with E-state index in [1.54, 1.807) is 5.38 Å². The number of benzene rings is 1. The standard InChI is InChI=1S/C17H16F3N3O2S/c1-10-22-13(9-26-10)8-14(24)23-7-6-21-16(25)15(23)11-2-4-12(5-3-11)17(18,19)20/h2-5,9,15H,6-8H2,1H3,(H,21,25). The number of halogens is 3. The van der Waals surface area contributed by atoms with E-state index >= 15 is 0 Å². The molecular formula is C17H16F3N3O2S. The number of amides is 2. The number of hydrogen-bond donors (Lipinski definition) is 1. The van der Waals surface area contributed by atoms with Crippen LogP contribution >= 0.6 is 11.3 Å². The third kappa shape index (κ3) is 3.87. The van der Waals surface area contributed by atoms with E-state index < -0.39 is 23.7 Å². The second-order valence-electron chi connectivity index (χ2n) is 5.94. The molecule has 1 atom stereocenters. The largest absolute Gasteiger partial charge is 0.416 e. The summed E-state index contributed by atoms with van der Waals surface area (Å²) in [4.78, 5) is 30.6. The van der Waals surface area contributed by atoms with E-state index in [0.29, 0.717) is 24.3 Å². The molecule has 138 valence electrons. The van der Waals surface area contributed by atoms with Gasteiger partial charge in [0.05, 0.1) is 22.7 Å². The highest BCUT2D eigenvalue weighted by molar-refractivity contribution is 7.09. The summed E-state index contributed by atoms with van der Waals surface area (Å²) < 4.78 is 38.2. The lowest BCUT2D eigenvalue weighted by molar-refractivity contribution is -0.143. The molecule has 1 saturated heterocycles.